The van der Waals surface area contributed by atoms with Gasteiger partial charge in [0.1, 0.15) is 0 Å². The molecule has 0 amide bonds. The maximum absolute atomic E-state index is 14.5. The second kappa shape index (κ2) is 7.74. The van der Waals surface area contributed by atoms with E-state index in [1.54, 1.807) is 0 Å². The van der Waals surface area contributed by atoms with E-state index in [0.29, 0.717) is 12.1 Å². The van der Waals surface area contributed by atoms with E-state index in [1.807, 2.05) is 18.3 Å². The zero-order valence-electron chi connectivity index (χ0n) is 17.5. The van der Waals surface area contributed by atoms with Crippen molar-refractivity contribution in [3.63, 3.8) is 0 Å². The molecule has 4 rings (SSSR count). The van der Waals surface area contributed by atoms with Crippen molar-refractivity contribution in [2.24, 2.45) is 4.76 Å². The van der Waals surface area contributed by atoms with Crippen molar-refractivity contribution in [3.8, 4) is 0 Å². The standard InChI is InChI=1S/C23H32N3OP/c1-17(2)25-22-14-7-8-15-23(22)26(18(3)4)28(25,27)24-16-20-12-9-11-19-10-5-6-13-21(19)20/h5-6,9-13,16-18,22-23H,7-8,14-15H2,1-4H3/b24-16+/t22-,23-/m1/s1. The lowest BCUT2D eigenvalue weighted by Crippen LogP contribution is -2.43. The van der Waals surface area contributed by atoms with Crippen LogP contribution in [0.3, 0.4) is 0 Å². The van der Waals surface area contributed by atoms with Crippen LogP contribution in [0.15, 0.2) is 47.2 Å². The zero-order valence-corrected chi connectivity index (χ0v) is 18.3. The molecule has 2 aliphatic rings. The van der Waals surface area contributed by atoms with Crippen LogP contribution in [0.25, 0.3) is 10.8 Å². The highest BCUT2D eigenvalue weighted by Crippen LogP contribution is 2.66. The number of fused-ring (bicyclic) bond motifs is 2. The van der Waals surface area contributed by atoms with Crippen molar-refractivity contribution < 1.29 is 4.57 Å². The Hall–Kier alpha value is -1.48. The number of benzene rings is 2. The normalized spacial score (nSPS) is 25.9. The van der Waals surface area contributed by atoms with E-state index in [1.165, 1.54) is 18.2 Å². The molecule has 0 aromatic heterocycles. The minimum atomic E-state index is -3.02. The molecule has 0 radical (unpaired) electrons. The molecule has 0 unspecified atom stereocenters. The van der Waals surface area contributed by atoms with Gasteiger partial charge in [0.15, 0.2) is 0 Å². The molecule has 2 fully saturated rings. The van der Waals surface area contributed by atoms with E-state index in [0.717, 1.165) is 23.8 Å². The molecule has 1 saturated carbocycles. The second-order valence-corrected chi connectivity index (χ2v) is 10.9. The van der Waals surface area contributed by atoms with Crippen LogP contribution in [0, 0.1) is 0 Å². The van der Waals surface area contributed by atoms with E-state index in [4.69, 9.17) is 4.76 Å². The Morgan fingerprint density at radius 2 is 1.50 bits per heavy atom. The van der Waals surface area contributed by atoms with Gasteiger partial charge in [-0.2, -0.15) is 0 Å². The predicted octanol–water partition coefficient (Wildman–Crippen LogP) is 6.11. The van der Waals surface area contributed by atoms with Gasteiger partial charge < -0.3 is 0 Å². The molecule has 1 aliphatic heterocycles. The summed E-state index contributed by atoms with van der Waals surface area (Å²) in [5.74, 6) is 0. The zero-order chi connectivity index (χ0) is 19.9. The predicted molar refractivity (Wildman–Crippen MR) is 119 cm³/mol. The summed E-state index contributed by atoms with van der Waals surface area (Å²) in [6.45, 7) is 8.65. The topological polar surface area (TPSA) is 35.9 Å². The van der Waals surface area contributed by atoms with Gasteiger partial charge >= 0.3 is 7.59 Å². The summed E-state index contributed by atoms with van der Waals surface area (Å²) in [5, 5.41) is 2.34. The summed E-state index contributed by atoms with van der Waals surface area (Å²) in [5.41, 5.74) is 1.04. The maximum Gasteiger partial charge on any atom is 0.330 e. The van der Waals surface area contributed by atoms with E-state index in [9.17, 15) is 4.57 Å². The monoisotopic (exact) mass is 397 g/mol. The molecular formula is C23H32N3OP. The molecule has 150 valence electrons. The third-order valence-corrected chi connectivity index (χ3v) is 9.34. The maximum atomic E-state index is 14.5. The Morgan fingerprint density at radius 3 is 2.11 bits per heavy atom. The Labute approximate surface area is 169 Å². The van der Waals surface area contributed by atoms with Crippen molar-refractivity contribution in [2.75, 3.05) is 0 Å². The van der Waals surface area contributed by atoms with Crippen LogP contribution >= 0.6 is 7.59 Å². The second-order valence-electron chi connectivity index (χ2n) is 8.69. The van der Waals surface area contributed by atoms with Gasteiger partial charge in [0.2, 0.25) is 0 Å². The van der Waals surface area contributed by atoms with Gasteiger partial charge in [-0.15, -0.1) is 0 Å². The van der Waals surface area contributed by atoms with E-state index in [-0.39, 0.29) is 12.1 Å². The van der Waals surface area contributed by atoms with Crippen molar-refractivity contribution in [1.82, 2.24) is 9.34 Å². The minimum absolute atomic E-state index is 0.213. The first kappa shape index (κ1) is 19.8. The highest BCUT2D eigenvalue weighted by Gasteiger charge is 2.56. The van der Waals surface area contributed by atoms with Gasteiger partial charge in [0.05, 0.1) is 0 Å². The number of rotatable bonds is 4. The Kier molecular flexibility index (Phi) is 5.48. The Bertz CT molecular complexity index is 890. The highest BCUT2D eigenvalue weighted by molar-refractivity contribution is 7.58. The lowest BCUT2D eigenvalue weighted by atomic mass is 9.89. The molecule has 5 heteroatoms. The van der Waals surface area contributed by atoms with E-state index >= 15 is 0 Å². The molecule has 2 aromatic carbocycles. The quantitative estimate of drug-likeness (QED) is 0.461. The fourth-order valence-corrected chi connectivity index (χ4v) is 8.47. The number of hydrogen-bond donors (Lipinski definition) is 0. The molecule has 4 nitrogen and oxygen atoms in total. The molecular weight excluding hydrogens is 365 g/mol. The van der Waals surface area contributed by atoms with E-state index in [2.05, 4.69) is 67.4 Å². The molecule has 1 aliphatic carbocycles. The third-order valence-electron chi connectivity index (χ3n) is 6.20. The Balaban J connectivity index is 1.80. The van der Waals surface area contributed by atoms with Crippen molar-refractivity contribution >= 4 is 24.6 Å². The van der Waals surface area contributed by atoms with Crippen molar-refractivity contribution in [3.05, 3.63) is 48.0 Å². The summed E-state index contributed by atoms with van der Waals surface area (Å²) in [6, 6.07) is 15.7. The largest absolute Gasteiger partial charge is 0.330 e. The van der Waals surface area contributed by atoms with Gasteiger partial charge in [-0.3, -0.25) is 4.57 Å². The fraction of sp³-hybridized carbons (Fsp3) is 0.522. The number of nitrogens with zero attached hydrogens (tertiary/aromatic N) is 3. The van der Waals surface area contributed by atoms with Crippen LogP contribution in [0.4, 0.5) is 0 Å². The number of hydrogen-bond acceptors (Lipinski definition) is 1. The highest BCUT2D eigenvalue weighted by atomic mass is 31.2. The van der Waals surface area contributed by atoms with Crippen LogP contribution in [0.5, 0.6) is 0 Å². The first-order valence-electron chi connectivity index (χ1n) is 10.6. The fourth-order valence-electron chi connectivity index (χ4n) is 5.20. The van der Waals surface area contributed by atoms with E-state index < -0.39 is 7.59 Å². The lowest BCUT2D eigenvalue weighted by molar-refractivity contribution is 0.173. The first-order valence-corrected chi connectivity index (χ1v) is 12.2. The molecule has 1 saturated heterocycles. The van der Waals surface area contributed by atoms with Crippen molar-refractivity contribution in [2.45, 2.75) is 77.5 Å². The molecule has 2 atom stereocenters. The average Bonchev–Trinajstić information content (AvgIpc) is 2.95. The van der Waals surface area contributed by atoms with Crippen molar-refractivity contribution in [1.29, 1.82) is 0 Å². The molecule has 0 bridgehead atoms. The third kappa shape index (κ3) is 3.26. The van der Waals surface area contributed by atoms with Crippen LogP contribution in [-0.2, 0) is 4.57 Å². The Morgan fingerprint density at radius 1 is 0.929 bits per heavy atom. The van der Waals surface area contributed by atoms with Crippen LogP contribution < -0.4 is 0 Å². The summed E-state index contributed by atoms with van der Waals surface area (Å²) in [7, 11) is -3.02. The van der Waals surface area contributed by atoms with Crippen LogP contribution in [-0.4, -0.2) is 39.7 Å². The van der Waals surface area contributed by atoms with Gasteiger partial charge in [0, 0.05) is 35.9 Å². The summed E-state index contributed by atoms with van der Waals surface area (Å²) in [4.78, 5) is 0. The molecule has 2 aromatic rings. The van der Waals surface area contributed by atoms with Gasteiger partial charge in [-0.1, -0.05) is 55.3 Å². The summed E-state index contributed by atoms with van der Waals surface area (Å²) in [6.07, 6.45) is 6.57. The minimum Gasteiger partial charge on any atom is -0.262 e. The van der Waals surface area contributed by atoms with Crippen LogP contribution in [0.2, 0.25) is 0 Å². The van der Waals surface area contributed by atoms with Crippen LogP contribution in [0.1, 0.15) is 58.9 Å². The van der Waals surface area contributed by atoms with Gasteiger partial charge in [-0.05, 0) is 51.3 Å². The van der Waals surface area contributed by atoms with Gasteiger partial charge in [-0.25, -0.2) is 14.1 Å². The summed E-state index contributed by atoms with van der Waals surface area (Å²) >= 11 is 0. The SMILES string of the molecule is CC(C)N1[C@@H]2CCCC[C@H]2N(C(C)C)P1(=O)/N=C/c1cccc2ccccc12. The summed E-state index contributed by atoms with van der Waals surface area (Å²) < 4.78 is 23.9. The molecule has 0 N–H and O–H groups in total. The average molecular weight is 398 g/mol. The molecule has 0 spiro atoms. The van der Waals surface area contributed by atoms with Gasteiger partial charge in [0.25, 0.3) is 0 Å². The molecule has 28 heavy (non-hydrogen) atoms. The molecule has 1 heterocycles. The smallest absolute Gasteiger partial charge is 0.262 e. The first-order chi connectivity index (χ1) is 13.4. The lowest BCUT2D eigenvalue weighted by Gasteiger charge is -2.33.